The molecule has 1 heterocycles. The molecule has 0 saturated carbocycles. The Morgan fingerprint density at radius 2 is 1.85 bits per heavy atom. The number of hydrogen-bond donors (Lipinski definition) is 2. The molecule has 1 fully saturated rings. The summed E-state index contributed by atoms with van der Waals surface area (Å²) in [4.78, 5) is 26.8. The molecule has 6 heteroatoms. The van der Waals surface area contributed by atoms with Gasteiger partial charge in [-0.15, -0.1) is 0 Å². The van der Waals surface area contributed by atoms with Gasteiger partial charge in [0, 0.05) is 19.6 Å². The topological polar surface area (TPSA) is 70.7 Å². The van der Waals surface area contributed by atoms with Crippen LogP contribution < -0.4 is 15.4 Å². The highest BCUT2D eigenvalue weighted by Gasteiger charge is 2.28. The van der Waals surface area contributed by atoms with Crippen LogP contribution in [0.1, 0.15) is 18.4 Å². The summed E-state index contributed by atoms with van der Waals surface area (Å²) in [5, 5.41) is 5.86. The SMILES string of the molecule is COc1ccccc1NC(=O)[C@H]1CCCN(C(=O)NCc2ccccc2)C1. The Morgan fingerprint density at radius 3 is 2.63 bits per heavy atom. The number of carbonyl (C=O) groups is 2. The van der Waals surface area contributed by atoms with E-state index in [-0.39, 0.29) is 17.9 Å². The fourth-order valence-electron chi connectivity index (χ4n) is 3.24. The van der Waals surface area contributed by atoms with E-state index in [1.165, 1.54) is 0 Å². The van der Waals surface area contributed by atoms with E-state index >= 15 is 0 Å². The second kappa shape index (κ2) is 9.07. The summed E-state index contributed by atoms with van der Waals surface area (Å²) in [5.74, 6) is 0.310. The van der Waals surface area contributed by atoms with Crippen LogP contribution in [0.5, 0.6) is 5.75 Å². The van der Waals surface area contributed by atoms with Crippen LogP contribution in [0, 0.1) is 5.92 Å². The first-order chi connectivity index (χ1) is 13.2. The number of rotatable bonds is 5. The van der Waals surface area contributed by atoms with E-state index in [1.807, 2.05) is 48.5 Å². The quantitative estimate of drug-likeness (QED) is 0.852. The predicted molar refractivity (Wildman–Crippen MR) is 105 cm³/mol. The number of nitrogens with one attached hydrogen (secondary N) is 2. The van der Waals surface area contributed by atoms with Crippen molar-refractivity contribution in [3.05, 3.63) is 60.2 Å². The Bertz CT molecular complexity index is 779. The number of likely N-dealkylation sites (tertiary alicyclic amines) is 1. The van der Waals surface area contributed by atoms with Crippen molar-refractivity contribution in [1.29, 1.82) is 0 Å². The van der Waals surface area contributed by atoms with Gasteiger partial charge in [0.15, 0.2) is 0 Å². The van der Waals surface area contributed by atoms with Gasteiger partial charge >= 0.3 is 6.03 Å². The molecule has 142 valence electrons. The van der Waals surface area contributed by atoms with Crippen molar-refractivity contribution in [3.63, 3.8) is 0 Å². The number of urea groups is 1. The lowest BCUT2D eigenvalue weighted by atomic mass is 9.97. The van der Waals surface area contributed by atoms with Crippen molar-refractivity contribution in [2.24, 2.45) is 5.92 Å². The van der Waals surface area contributed by atoms with Crippen molar-refractivity contribution < 1.29 is 14.3 Å². The predicted octanol–water partition coefficient (Wildman–Crippen LogP) is 3.26. The van der Waals surface area contributed by atoms with E-state index in [0.717, 1.165) is 18.4 Å². The summed E-state index contributed by atoms with van der Waals surface area (Å²) in [6, 6.07) is 17.0. The molecule has 3 rings (SSSR count). The molecule has 2 N–H and O–H groups in total. The van der Waals surface area contributed by atoms with Gasteiger partial charge in [0.1, 0.15) is 5.75 Å². The van der Waals surface area contributed by atoms with Gasteiger partial charge in [-0.25, -0.2) is 4.79 Å². The molecule has 0 aliphatic carbocycles. The molecular formula is C21H25N3O3. The Balaban J connectivity index is 1.55. The van der Waals surface area contributed by atoms with Crippen LogP contribution in [-0.2, 0) is 11.3 Å². The first kappa shape index (κ1) is 18.8. The summed E-state index contributed by atoms with van der Waals surface area (Å²) >= 11 is 0. The minimum absolute atomic E-state index is 0.0833. The Kier molecular flexibility index (Phi) is 6.30. The number of anilines is 1. The maximum Gasteiger partial charge on any atom is 0.317 e. The Labute approximate surface area is 159 Å². The van der Waals surface area contributed by atoms with Crippen molar-refractivity contribution >= 4 is 17.6 Å². The number of carbonyl (C=O) groups excluding carboxylic acids is 2. The molecule has 0 spiro atoms. The standard InChI is InChI=1S/C21H25N3O3/c1-27-19-12-6-5-11-18(19)23-20(25)17-10-7-13-24(15-17)21(26)22-14-16-8-3-2-4-9-16/h2-6,8-9,11-12,17H,7,10,13-15H2,1H3,(H,22,26)(H,23,25)/t17-/m0/s1. The molecular weight excluding hydrogens is 342 g/mol. The highest BCUT2D eigenvalue weighted by atomic mass is 16.5. The Morgan fingerprint density at radius 1 is 1.11 bits per heavy atom. The maximum absolute atomic E-state index is 12.7. The number of hydrogen-bond acceptors (Lipinski definition) is 3. The Hall–Kier alpha value is -3.02. The van der Waals surface area contributed by atoms with Crippen LogP contribution in [-0.4, -0.2) is 37.0 Å². The smallest absolute Gasteiger partial charge is 0.317 e. The second-order valence-corrected chi connectivity index (χ2v) is 6.62. The molecule has 0 unspecified atom stereocenters. The van der Waals surface area contributed by atoms with E-state index in [9.17, 15) is 9.59 Å². The van der Waals surface area contributed by atoms with Gasteiger partial charge in [0.05, 0.1) is 18.7 Å². The van der Waals surface area contributed by atoms with Crippen molar-refractivity contribution in [2.45, 2.75) is 19.4 Å². The van der Waals surface area contributed by atoms with Gasteiger partial charge in [0.2, 0.25) is 5.91 Å². The molecule has 1 aliphatic heterocycles. The molecule has 3 amide bonds. The van der Waals surface area contributed by atoms with E-state index < -0.39 is 0 Å². The summed E-state index contributed by atoms with van der Waals surface area (Å²) < 4.78 is 5.28. The minimum atomic E-state index is -0.230. The molecule has 0 radical (unpaired) electrons. The average Bonchev–Trinajstić information content (AvgIpc) is 2.73. The molecule has 6 nitrogen and oxygen atoms in total. The summed E-state index contributed by atoms with van der Waals surface area (Å²) in [6.45, 7) is 1.56. The van der Waals surface area contributed by atoms with Gasteiger partial charge in [-0.05, 0) is 30.5 Å². The first-order valence-corrected chi connectivity index (χ1v) is 9.18. The van der Waals surface area contributed by atoms with Gasteiger partial charge in [-0.3, -0.25) is 4.79 Å². The molecule has 2 aromatic carbocycles. The highest BCUT2D eigenvalue weighted by Crippen LogP contribution is 2.25. The van der Waals surface area contributed by atoms with Gasteiger partial charge in [0.25, 0.3) is 0 Å². The van der Waals surface area contributed by atoms with Crippen molar-refractivity contribution in [2.75, 3.05) is 25.5 Å². The summed E-state index contributed by atoms with van der Waals surface area (Å²) in [6.07, 6.45) is 1.58. The average molecular weight is 367 g/mol. The van der Waals surface area contributed by atoms with Gasteiger partial charge in [-0.1, -0.05) is 42.5 Å². The third-order valence-corrected chi connectivity index (χ3v) is 4.73. The van der Waals surface area contributed by atoms with Crippen LogP contribution in [0.3, 0.4) is 0 Å². The molecule has 27 heavy (non-hydrogen) atoms. The second-order valence-electron chi connectivity index (χ2n) is 6.62. The molecule has 0 aromatic heterocycles. The molecule has 1 saturated heterocycles. The minimum Gasteiger partial charge on any atom is -0.495 e. The molecule has 0 bridgehead atoms. The maximum atomic E-state index is 12.7. The lowest BCUT2D eigenvalue weighted by Crippen LogP contribution is -2.47. The first-order valence-electron chi connectivity index (χ1n) is 9.18. The molecule has 1 aliphatic rings. The van der Waals surface area contributed by atoms with E-state index in [2.05, 4.69) is 10.6 Å². The fourth-order valence-corrected chi connectivity index (χ4v) is 3.24. The number of ether oxygens (including phenoxy) is 1. The van der Waals surface area contributed by atoms with E-state index in [1.54, 1.807) is 18.1 Å². The van der Waals surface area contributed by atoms with E-state index in [0.29, 0.717) is 31.1 Å². The van der Waals surface area contributed by atoms with Crippen LogP contribution >= 0.6 is 0 Å². The normalized spacial score (nSPS) is 16.5. The zero-order valence-electron chi connectivity index (χ0n) is 15.5. The van der Waals surface area contributed by atoms with E-state index in [4.69, 9.17) is 4.74 Å². The molecule has 1 atom stereocenters. The third-order valence-electron chi connectivity index (χ3n) is 4.73. The number of piperidine rings is 1. The zero-order chi connectivity index (χ0) is 19.1. The molecule has 2 aromatic rings. The monoisotopic (exact) mass is 367 g/mol. The van der Waals surface area contributed by atoms with Crippen LogP contribution in [0.2, 0.25) is 0 Å². The number of benzene rings is 2. The van der Waals surface area contributed by atoms with Crippen LogP contribution in [0.15, 0.2) is 54.6 Å². The van der Waals surface area contributed by atoms with Crippen LogP contribution in [0.4, 0.5) is 10.5 Å². The van der Waals surface area contributed by atoms with Crippen molar-refractivity contribution in [3.8, 4) is 5.75 Å². The number of nitrogens with zero attached hydrogens (tertiary/aromatic N) is 1. The summed E-state index contributed by atoms with van der Waals surface area (Å²) in [7, 11) is 1.57. The number of methoxy groups -OCH3 is 1. The zero-order valence-corrected chi connectivity index (χ0v) is 15.5. The number of para-hydroxylation sites is 2. The lowest BCUT2D eigenvalue weighted by molar-refractivity contribution is -0.121. The van der Waals surface area contributed by atoms with Gasteiger partial charge < -0.3 is 20.3 Å². The summed E-state index contributed by atoms with van der Waals surface area (Å²) in [5.41, 5.74) is 1.70. The largest absolute Gasteiger partial charge is 0.495 e. The highest BCUT2D eigenvalue weighted by molar-refractivity contribution is 5.94. The van der Waals surface area contributed by atoms with Crippen LogP contribution in [0.25, 0.3) is 0 Å². The number of amides is 3. The lowest BCUT2D eigenvalue weighted by Gasteiger charge is -2.32. The third kappa shape index (κ3) is 5.00. The fraction of sp³-hybridized carbons (Fsp3) is 0.333. The van der Waals surface area contributed by atoms with Crippen molar-refractivity contribution in [1.82, 2.24) is 10.2 Å². The van der Waals surface area contributed by atoms with Gasteiger partial charge in [-0.2, -0.15) is 0 Å².